The van der Waals surface area contributed by atoms with Gasteiger partial charge in [-0.3, -0.25) is 20.7 Å². The van der Waals surface area contributed by atoms with Crippen LogP contribution in [0.3, 0.4) is 0 Å². The Labute approximate surface area is 641 Å². The van der Waals surface area contributed by atoms with E-state index in [1.165, 1.54) is 71.9 Å². The minimum absolute atomic E-state index is 0. The van der Waals surface area contributed by atoms with Crippen LogP contribution in [0.25, 0.3) is 20.9 Å². The molecular formula is C72H97N13O15S6. The van der Waals surface area contributed by atoms with Crippen molar-refractivity contribution in [1.82, 2.24) is 39.8 Å². The third-order valence-corrected chi connectivity index (χ3v) is 23.0. The van der Waals surface area contributed by atoms with E-state index in [1.807, 2.05) is 67.7 Å². The summed E-state index contributed by atoms with van der Waals surface area (Å²) in [6.07, 6.45) is 7.38. The zero-order valence-corrected chi connectivity index (χ0v) is 65.9. The second-order valence-corrected chi connectivity index (χ2v) is 33.1. The standard InChI is InChI=1S/C33H36N6O8S2.C33H44N6O6S2.C6H13NO.2H2S/c1-33(2,3)37-49(44,45)29-19-23(36-32(41)47-25-12-10-24(11-13-25)39(42)43)9-14-27(29)28-21-34-30(48-28)38-17-15-26(16-18-38)46-31(40)35-20-22-7-5-4-6-8-22;1-33(2,3)37-47(42,43)29-19-24(36-32(41)44-22-25-11-8-16-38(25)4)12-13-27(29)28-21-34-30(46-28)39-17-14-26(15-18-39)45-31(40)35-20-23-9-6-5-7-10-23;1-7-4-2-3-6(7)5-8;;/h4-14,19,21,26,37H,15-18,20H2,1-3H3,(H,35,40)(H,36,41);5-7,9-10,12-13,19,21,25-26,37H,8,11,14-18,20,22H2,1-4H3,(H,35,40)(H,36,41);6,8H,2-5H2,1H3;2*1H2/t;25-;6-;;/m.00../s1. The molecule has 11 rings (SSSR count). The average Bonchev–Trinajstić information content (AvgIpc) is 1.36. The molecule has 576 valence electrons. The summed E-state index contributed by atoms with van der Waals surface area (Å²) in [5.74, 6) is 0.0704. The summed E-state index contributed by atoms with van der Waals surface area (Å²) in [5, 5.41) is 31.8. The quantitative estimate of drug-likeness (QED) is 0.0200. The first-order chi connectivity index (χ1) is 49.5. The Bertz CT molecular complexity index is 4270. The molecule has 0 radical (unpaired) electrons. The van der Waals surface area contributed by atoms with Gasteiger partial charge in [-0.25, -0.2) is 55.4 Å². The van der Waals surface area contributed by atoms with Crippen LogP contribution in [-0.2, 0) is 47.3 Å². The van der Waals surface area contributed by atoms with Crippen molar-refractivity contribution in [3.05, 3.63) is 155 Å². The van der Waals surface area contributed by atoms with Gasteiger partial charge in [-0.2, -0.15) is 27.0 Å². The van der Waals surface area contributed by atoms with Gasteiger partial charge in [-0.15, -0.1) is 0 Å². The number of rotatable bonds is 21. The Kier molecular flexibility index (Phi) is 31.4. The van der Waals surface area contributed by atoms with Gasteiger partial charge in [0.15, 0.2) is 10.3 Å². The highest BCUT2D eigenvalue weighted by molar-refractivity contribution is 7.90. The predicted octanol–water partition coefficient (Wildman–Crippen LogP) is 12.0. The molecule has 4 aliphatic heterocycles. The molecule has 4 saturated heterocycles. The lowest BCUT2D eigenvalue weighted by molar-refractivity contribution is -0.384. The number of aliphatic hydroxyl groups excluding tert-OH is 1. The SMILES string of the molecule is CC(C)(C)NS(=O)(=O)c1cc(NC(=O)Oc2ccc([N+](=O)[O-])cc2)ccc1-c1cnc(N2CCC(OC(=O)NCc3ccccc3)CC2)s1.CN1CCC[C@H]1CO.CN1CCC[C@H]1COC(=O)Nc1ccc(-c2cnc(N3CCC(OC(=O)NCc4ccccc4)CC3)s2)c(S(=O)(=O)NC(C)(C)C)c1.S.S. The number of piperidine rings is 2. The summed E-state index contributed by atoms with van der Waals surface area (Å²) < 4.78 is 81.9. The average molecular weight is 1580 g/mol. The van der Waals surface area contributed by atoms with Crippen molar-refractivity contribution >= 4 is 121 Å². The van der Waals surface area contributed by atoms with E-state index in [1.54, 1.807) is 78.2 Å². The number of alkyl carbamates (subject to hydrolysis) is 2. The van der Waals surface area contributed by atoms with Crippen LogP contribution < -0.4 is 45.2 Å². The molecule has 34 heteroatoms. The second-order valence-electron chi connectivity index (χ2n) is 27.7. The number of carbonyl (C=O) groups excluding carboxylic acids is 4. The van der Waals surface area contributed by atoms with Gasteiger partial charge in [0.1, 0.15) is 24.6 Å². The Morgan fingerprint density at radius 1 is 0.566 bits per heavy atom. The van der Waals surface area contributed by atoms with Gasteiger partial charge in [0.25, 0.3) is 5.69 Å². The maximum Gasteiger partial charge on any atom is 0.417 e. The number of aromatic nitrogens is 2. The van der Waals surface area contributed by atoms with E-state index in [-0.39, 0.29) is 78.8 Å². The van der Waals surface area contributed by atoms with Crippen LogP contribution in [0, 0.1) is 10.1 Å². The fourth-order valence-electron chi connectivity index (χ4n) is 11.9. The van der Waals surface area contributed by atoms with Gasteiger partial charge in [-0.1, -0.05) is 95.5 Å². The molecule has 0 saturated carbocycles. The first kappa shape index (κ1) is 85.1. The van der Waals surface area contributed by atoms with Gasteiger partial charge in [0.05, 0.1) is 31.1 Å². The number of ether oxygens (including phenoxy) is 4. The van der Waals surface area contributed by atoms with E-state index < -0.39 is 60.4 Å². The summed E-state index contributed by atoms with van der Waals surface area (Å²) in [7, 11) is -3.99. The van der Waals surface area contributed by atoms with E-state index in [4.69, 9.17) is 24.1 Å². The minimum atomic E-state index is -4.08. The minimum Gasteiger partial charge on any atom is -0.448 e. The summed E-state index contributed by atoms with van der Waals surface area (Å²) in [4.78, 5) is 79.2. The van der Waals surface area contributed by atoms with Crippen molar-refractivity contribution in [3.63, 3.8) is 0 Å². The number of likely N-dealkylation sites (tertiary alicyclic amines) is 2. The van der Waals surface area contributed by atoms with E-state index in [0.29, 0.717) is 109 Å². The summed E-state index contributed by atoms with van der Waals surface area (Å²) >= 11 is 2.72. The molecule has 0 bridgehead atoms. The molecule has 106 heavy (non-hydrogen) atoms. The van der Waals surface area contributed by atoms with Crippen molar-refractivity contribution in [2.45, 2.75) is 151 Å². The lowest BCUT2D eigenvalue weighted by Crippen LogP contribution is -2.40. The van der Waals surface area contributed by atoms with E-state index >= 15 is 0 Å². The summed E-state index contributed by atoms with van der Waals surface area (Å²) in [6.45, 7) is 16.5. The van der Waals surface area contributed by atoms with Crippen molar-refractivity contribution in [1.29, 1.82) is 0 Å². The van der Waals surface area contributed by atoms with Crippen LogP contribution >= 0.6 is 49.7 Å². The van der Waals surface area contributed by atoms with Gasteiger partial charge in [0.2, 0.25) is 20.0 Å². The highest BCUT2D eigenvalue weighted by Crippen LogP contribution is 2.40. The molecule has 7 aromatic rings. The van der Waals surface area contributed by atoms with E-state index in [2.05, 4.69) is 67.3 Å². The molecule has 4 fully saturated rings. The molecule has 6 heterocycles. The number of aliphatic hydroxyl groups is 1. The number of anilines is 4. The number of sulfonamides is 2. The van der Waals surface area contributed by atoms with Gasteiger partial charge < -0.3 is 54.3 Å². The third kappa shape index (κ3) is 25.8. The fraction of sp³-hybridized carbons (Fsp3) is 0.444. The van der Waals surface area contributed by atoms with Crippen molar-refractivity contribution < 1.29 is 65.0 Å². The number of nitro groups is 1. The smallest absolute Gasteiger partial charge is 0.417 e. The maximum absolute atomic E-state index is 13.6. The number of non-ortho nitro benzene ring substituents is 1. The Morgan fingerprint density at radius 2 is 0.981 bits per heavy atom. The molecule has 2 aromatic heterocycles. The number of carbonyl (C=O) groups is 4. The third-order valence-electron chi connectivity index (χ3n) is 17.2. The van der Waals surface area contributed by atoms with Crippen LogP contribution in [0.1, 0.15) is 104 Å². The number of likely N-dealkylation sites (N-methyl/N-ethyl adjacent to an activating group) is 2. The molecule has 28 nitrogen and oxygen atoms in total. The molecule has 0 spiro atoms. The number of hydrogen-bond donors (Lipinski definition) is 7. The van der Waals surface area contributed by atoms with Crippen molar-refractivity contribution in [2.24, 2.45) is 0 Å². The lowest BCUT2D eigenvalue weighted by Gasteiger charge is -2.31. The van der Waals surface area contributed by atoms with Crippen molar-refractivity contribution in [3.8, 4) is 26.6 Å². The second kappa shape index (κ2) is 39.1. The van der Waals surface area contributed by atoms with Crippen molar-refractivity contribution in [2.75, 3.05) is 87.0 Å². The lowest BCUT2D eigenvalue weighted by atomic mass is 10.1. The molecule has 7 N–H and O–H groups in total. The number of benzene rings is 5. The number of thiazole rings is 2. The summed E-state index contributed by atoms with van der Waals surface area (Å²) in [5.41, 5.74) is 1.64. The number of nitro benzene ring substituents is 1. The van der Waals surface area contributed by atoms with Gasteiger partial charge in [-0.05, 0) is 142 Å². The molecule has 0 unspecified atom stereocenters. The van der Waals surface area contributed by atoms with Gasteiger partial charge in [0, 0.05) is 135 Å². The highest BCUT2D eigenvalue weighted by Gasteiger charge is 2.32. The number of nitrogens with zero attached hydrogens (tertiary/aromatic N) is 7. The Morgan fingerprint density at radius 3 is 1.36 bits per heavy atom. The van der Waals surface area contributed by atoms with Crippen LogP contribution in [0.4, 0.5) is 46.5 Å². The highest BCUT2D eigenvalue weighted by atomic mass is 32.2. The van der Waals surface area contributed by atoms with Crippen LogP contribution in [0.2, 0.25) is 0 Å². The fourth-order valence-corrected chi connectivity index (χ4v) is 17.4. The molecule has 0 aliphatic carbocycles. The number of amides is 4. The summed E-state index contributed by atoms with van der Waals surface area (Å²) in [6, 6.07) is 34.1. The number of hydrogen-bond acceptors (Lipinski definition) is 23. The first-order valence-corrected chi connectivity index (χ1v) is 39.0. The molecule has 2 atom stereocenters. The topological polar surface area (TPSA) is 348 Å². The van der Waals surface area contributed by atoms with Crippen LogP contribution in [0.5, 0.6) is 5.75 Å². The number of nitrogens with one attached hydrogen (secondary N) is 6. The molecule has 4 aliphatic rings. The van der Waals surface area contributed by atoms with Crippen LogP contribution in [0.15, 0.2) is 144 Å². The Balaban J connectivity index is 0.000000263. The molecular weight excluding hydrogens is 1480 g/mol. The van der Waals surface area contributed by atoms with Gasteiger partial charge >= 0.3 is 24.4 Å². The Hall–Kier alpha value is -8.16. The largest absolute Gasteiger partial charge is 0.448 e. The zero-order valence-electron chi connectivity index (χ0n) is 60.7. The molecule has 5 aromatic carbocycles. The predicted molar refractivity (Wildman–Crippen MR) is 422 cm³/mol. The monoisotopic (exact) mass is 1580 g/mol. The molecule has 4 amide bonds. The first-order valence-electron chi connectivity index (χ1n) is 34.4. The van der Waals surface area contributed by atoms with E-state index in [0.717, 1.165) is 42.2 Å². The zero-order chi connectivity index (χ0) is 74.8. The van der Waals surface area contributed by atoms with Crippen LogP contribution in [-0.4, -0.2) is 173 Å². The van der Waals surface area contributed by atoms with E-state index in [9.17, 15) is 46.1 Å². The maximum atomic E-state index is 13.6. The normalized spacial score (nSPS) is 16.7.